The zero-order valence-electron chi connectivity index (χ0n) is 13.2. The number of carboxylic acids is 1. The Balaban J connectivity index is 2.12. The van der Waals surface area contributed by atoms with Gasteiger partial charge < -0.3 is 10.0 Å². The minimum absolute atomic E-state index is 0.0620. The number of aliphatic carboxylic acids is 1. The van der Waals surface area contributed by atoms with Gasteiger partial charge in [-0.05, 0) is 31.0 Å². The molecule has 4 heteroatoms. The van der Waals surface area contributed by atoms with Crippen molar-refractivity contribution in [3.05, 3.63) is 71.3 Å². The van der Waals surface area contributed by atoms with E-state index in [1.807, 2.05) is 61.5 Å². The molecular weight excluding hydrogens is 290 g/mol. The topological polar surface area (TPSA) is 57.6 Å². The van der Waals surface area contributed by atoms with Crippen molar-refractivity contribution in [2.75, 3.05) is 6.54 Å². The van der Waals surface area contributed by atoms with E-state index in [-0.39, 0.29) is 12.3 Å². The summed E-state index contributed by atoms with van der Waals surface area (Å²) in [7, 11) is 0. The Morgan fingerprint density at radius 3 is 2.26 bits per heavy atom. The molecule has 0 aliphatic rings. The first kappa shape index (κ1) is 16.7. The molecule has 0 saturated heterocycles. The number of carboxylic acid groups (broad SMARTS) is 1. The summed E-state index contributed by atoms with van der Waals surface area (Å²) >= 11 is 0. The van der Waals surface area contributed by atoms with Crippen molar-refractivity contribution in [3.8, 4) is 0 Å². The quantitative estimate of drug-likeness (QED) is 0.851. The van der Waals surface area contributed by atoms with Crippen LogP contribution in [-0.2, 0) is 11.3 Å². The molecule has 120 valence electrons. The van der Waals surface area contributed by atoms with Crippen LogP contribution in [0.1, 0.15) is 34.3 Å². The van der Waals surface area contributed by atoms with Crippen LogP contribution in [0.2, 0.25) is 0 Å². The van der Waals surface area contributed by atoms with E-state index in [2.05, 4.69) is 0 Å². The van der Waals surface area contributed by atoms with Crippen LogP contribution in [0.3, 0.4) is 0 Å². The Kier molecular flexibility index (Phi) is 5.92. The second-order valence-corrected chi connectivity index (χ2v) is 5.58. The molecular formula is C19H21NO3. The summed E-state index contributed by atoms with van der Waals surface area (Å²) in [6, 6.07) is 17.2. The monoisotopic (exact) mass is 311 g/mol. The first-order chi connectivity index (χ1) is 11.1. The van der Waals surface area contributed by atoms with Crippen LogP contribution in [0, 0.1) is 6.92 Å². The number of amides is 1. The van der Waals surface area contributed by atoms with Gasteiger partial charge in [-0.1, -0.05) is 48.0 Å². The fourth-order valence-corrected chi connectivity index (χ4v) is 2.36. The standard InChI is InChI=1S/C19H21NO3/c1-15-9-11-17(12-10-15)19(23)20(13-5-8-18(21)22)14-16-6-3-2-4-7-16/h2-4,6-7,9-12H,5,8,13-14H2,1H3,(H,21,22). The highest BCUT2D eigenvalue weighted by Crippen LogP contribution is 2.12. The molecule has 0 atom stereocenters. The Hall–Kier alpha value is -2.62. The number of carbonyl (C=O) groups excluding carboxylic acids is 1. The molecule has 1 N–H and O–H groups in total. The van der Waals surface area contributed by atoms with Crippen molar-refractivity contribution in [1.29, 1.82) is 0 Å². The van der Waals surface area contributed by atoms with Gasteiger partial charge in [0.2, 0.25) is 0 Å². The first-order valence-electron chi connectivity index (χ1n) is 7.68. The van der Waals surface area contributed by atoms with Gasteiger partial charge in [0.15, 0.2) is 0 Å². The maximum Gasteiger partial charge on any atom is 0.303 e. The third kappa shape index (κ3) is 5.25. The molecule has 0 bridgehead atoms. The Labute approximate surface area is 136 Å². The van der Waals surface area contributed by atoms with Crippen LogP contribution in [0.5, 0.6) is 0 Å². The number of hydrogen-bond acceptors (Lipinski definition) is 2. The lowest BCUT2D eigenvalue weighted by atomic mass is 10.1. The molecule has 0 aliphatic carbocycles. The highest BCUT2D eigenvalue weighted by Gasteiger charge is 2.16. The molecule has 0 aromatic heterocycles. The Morgan fingerprint density at radius 1 is 1.00 bits per heavy atom. The summed E-state index contributed by atoms with van der Waals surface area (Å²) in [5.74, 6) is -0.910. The van der Waals surface area contributed by atoms with E-state index in [4.69, 9.17) is 5.11 Å². The fraction of sp³-hybridized carbons (Fsp3) is 0.263. The number of aryl methyl sites for hydroxylation is 1. The van der Waals surface area contributed by atoms with E-state index in [1.54, 1.807) is 4.90 Å². The molecule has 0 saturated carbocycles. The van der Waals surface area contributed by atoms with Crippen molar-refractivity contribution in [2.45, 2.75) is 26.3 Å². The number of benzene rings is 2. The average Bonchev–Trinajstić information content (AvgIpc) is 2.54. The van der Waals surface area contributed by atoms with Gasteiger partial charge in [0.1, 0.15) is 0 Å². The average molecular weight is 311 g/mol. The van der Waals surface area contributed by atoms with Crippen molar-refractivity contribution < 1.29 is 14.7 Å². The van der Waals surface area contributed by atoms with E-state index in [0.29, 0.717) is 25.1 Å². The second-order valence-electron chi connectivity index (χ2n) is 5.58. The predicted molar refractivity (Wildman–Crippen MR) is 89.2 cm³/mol. The second kappa shape index (κ2) is 8.13. The summed E-state index contributed by atoms with van der Waals surface area (Å²) in [6.45, 7) is 2.88. The van der Waals surface area contributed by atoms with Crippen molar-refractivity contribution in [1.82, 2.24) is 4.90 Å². The highest BCUT2D eigenvalue weighted by atomic mass is 16.4. The summed E-state index contributed by atoms with van der Waals surface area (Å²) in [6.07, 6.45) is 0.506. The lowest BCUT2D eigenvalue weighted by Crippen LogP contribution is -2.31. The van der Waals surface area contributed by atoms with Crippen LogP contribution in [0.25, 0.3) is 0 Å². The van der Waals surface area contributed by atoms with Gasteiger partial charge in [-0.15, -0.1) is 0 Å². The molecule has 0 fully saturated rings. The minimum Gasteiger partial charge on any atom is -0.481 e. The van der Waals surface area contributed by atoms with Crippen LogP contribution < -0.4 is 0 Å². The summed E-state index contributed by atoms with van der Waals surface area (Å²) in [5.41, 5.74) is 2.76. The maximum atomic E-state index is 12.7. The van der Waals surface area contributed by atoms with Crippen molar-refractivity contribution >= 4 is 11.9 Å². The molecule has 0 aliphatic heterocycles. The number of rotatable bonds is 7. The lowest BCUT2D eigenvalue weighted by molar-refractivity contribution is -0.137. The molecule has 2 aromatic carbocycles. The third-order valence-electron chi connectivity index (χ3n) is 3.62. The van der Waals surface area contributed by atoms with Crippen LogP contribution in [-0.4, -0.2) is 28.4 Å². The van der Waals surface area contributed by atoms with E-state index < -0.39 is 5.97 Å². The zero-order valence-corrected chi connectivity index (χ0v) is 13.2. The van der Waals surface area contributed by atoms with Gasteiger partial charge in [-0.2, -0.15) is 0 Å². The van der Waals surface area contributed by atoms with Gasteiger partial charge >= 0.3 is 5.97 Å². The largest absolute Gasteiger partial charge is 0.481 e. The van der Waals surface area contributed by atoms with Crippen molar-refractivity contribution in [2.24, 2.45) is 0 Å². The molecule has 2 aromatic rings. The lowest BCUT2D eigenvalue weighted by Gasteiger charge is -2.23. The van der Waals surface area contributed by atoms with Crippen LogP contribution in [0.15, 0.2) is 54.6 Å². The molecule has 0 unspecified atom stereocenters. The maximum absolute atomic E-state index is 12.7. The van der Waals surface area contributed by atoms with Gasteiger partial charge in [0.05, 0.1) is 0 Å². The Bertz CT molecular complexity index is 650. The van der Waals surface area contributed by atoms with Crippen molar-refractivity contribution in [3.63, 3.8) is 0 Å². The van der Waals surface area contributed by atoms with Crippen LogP contribution in [0.4, 0.5) is 0 Å². The van der Waals surface area contributed by atoms with Gasteiger partial charge in [0, 0.05) is 25.1 Å². The third-order valence-corrected chi connectivity index (χ3v) is 3.62. The number of hydrogen-bond donors (Lipinski definition) is 1. The molecule has 23 heavy (non-hydrogen) atoms. The first-order valence-corrected chi connectivity index (χ1v) is 7.68. The van der Waals surface area contributed by atoms with E-state index >= 15 is 0 Å². The van der Waals surface area contributed by atoms with Gasteiger partial charge in [0.25, 0.3) is 5.91 Å². The molecule has 1 amide bonds. The van der Waals surface area contributed by atoms with Crippen LogP contribution >= 0.6 is 0 Å². The molecule has 0 radical (unpaired) electrons. The normalized spacial score (nSPS) is 10.3. The smallest absolute Gasteiger partial charge is 0.303 e. The zero-order chi connectivity index (χ0) is 16.7. The highest BCUT2D eigenvalue weighted by molar-refractivity contribution is 5.94. The van der Waals surface area contributed by atoms with Gasteiger partial charge in [-0.3, -0.25) is 9.59 Å². The predicted octanol–water partition coefficient (Wildman–Crippen LogP) is 3.50. The van der Waals surface area contributed by atoms with E-state index in [1.165, 1.54) is 0 Å². The summed E-state index contributed by atoms with van der Waals surface area (Å²) in [4.78, 5) is 25.1. The molecule has 0 heterocycles. The summed E-state index contributed by atoms with van der Waals surface area (Å²) < 4.78 is 0. The van der Waals surface area contributed by atoms with E-state index in [0.717, 1.165) is 11.1 Å². The van der Waals surface area contributed by atoms with Gasteiger partial charge in [-0.25, -0.2) is 0 Å². The minimum atomic E-state index is -0.840. The molecule has 0 spiro atoms. The summed E-state index contributed by atoms with van der Waals surface area (Å²) in [5, 5.41) is 8.80. The number of nitrogens with zero attached hydrogens (tertiary/aromatic N) is 1. The fourth-order valence-electron chi connectivity index (χ4n) is 2.36. The number of carbonyl (C=O) groups is 2. The molecule has 2 rings (SSSR count). The van der Waals surface area contributed by atoms with E-state index in [9.17, 15) is 9.59 Å². The Morgan fingerprint density at radius 2 is 1.65 bits per heavy atom. The molecule has 4 nitrogen and oxygen atoms in total. The SMILES string of the molecule is Cc1ccc(C(=O)N(CCCC(=O)O)Cc2ccccc2)cc1.